The summed E-state index contributed by atoms with van der Waals surface area (Å²) in [6, 6.07) is 13.8. The minimum Gasteiger partial charge on any atom is -0.389 e. The van der Waals surface area contributed by atoms with E-state index in [0.717, 1.165) is 16.3 Å². The number of benzene rings is 2. The van der Waals surface area contributed by atoms with Crippen molar-refractivity contribution in [2.24, 2.45) is 0 Å². The number of carbonyl (C=O) groups is 2. The lowest BCUT2D eigenvalue weighted by atomic mass is 10.0. The van der Waals surface area contributed by atoms with Crippen LogP contribution in [0.2, 0.25) is 0 Å². The van der Waals surface area contributed by atoms with Crippen LogP contribution in [-0.4, -0.2) is 11.9 Å². The van der Waals surface area contributed by atoms with Crippen molar-refractivity contribution in [3.05, 3.63) is 53.6 Å². The maximum Gasteiger partial charge on any atom is 0.342 e. The van der Waals surface area contributed by atoms with Gasteiger partial charge in [0.2, 0.25) is 0 Å². The topological polar surface area (TPSA) is 43.4 Å². The Morgan fingerprint density at radius 1 is 1.00 bits per heavy atom. The number of esters is 2. The van der Waals surface area contributed by atoms with E-state index in [1.54, 1.807) is 6.08 Å². The third-order valence-corrected chi connectivity index (χ3v) is 2.96. The summed E-state index contributed by atoms with van der Waals surface area (Å²) in [5.41, 5.74) is 1.34. The first-order valence-corrected chi connectivity index (χ1v) is 5.67. The van der Waals surface area contributed by atoms with E-state index in [4.69, 9.17) is 0 Å². The first-order chi connectivity index (χ1) is 8.74. The molecule has 0 bridgehead atoms. The Hall–Kier alpha value is -2.42. The van der Waals surface area contributed by atoms with Crippen LogP contribution in [0, 0.1) is 0 Å². The third kappa shape index (κ3) is 1.80. The summed E-state index contributed by atoms with van der Waals surface area (Å²) in [6.45, 7) is 0. The maximum atomic E-state index is 11.4. The van der Waals surface area contributed by atoms with Crippen LogP contribution in [0.5, 0.6) is 0 Å². The van der Waals surface area contributed by atoms with Crippen molar-refractivity contribution in [3.8, 4) is 0 Å². The second-order valence-electron chi connectivity index (χ2n) is 4.18. The largest absolute Gasteiger partial charge is 0.389 e. The Kier molecular flexibility index (Phi) is 2.45. The fraction of sp³-hybridized carbons (Fsp3) is 0.0667. The molecule has 1 heterocycles. The van der Waals surface area contributed by atoms with Gasteiger partial charge in [0.05, 0.1) is 6.42 Å². The van der Waals surface area contributed by atoms with Gasteiger partial charge in [-0.1, -0.05) is 42.5 Å². The summed E-state index contributed by atoms with van der Waals surface area (Å²) in [7, 11) is 0. The first-order valence-electron chi connectivity index (χ1n) is 5.67. The summed E-state index contributed by atoms with van der Waals surface area (Å²) < 4.78 is 4.51. The molecule has 0 spiro atoms. The van der Waals surface area contributed by atoms with Gasteiger partial charge in [-0.3, -0.25) is 4.79 Å². The molecule has 0 atom stereocenters. The van der Waals surface area contributed by atoms with Crippen LogP contribution in [-0.2, 0) is 14.3 Å². The van der Waals surface area contributed by atoms with Crippen LogP contribution in [0.3, 0.4) is 0 Å². The van der Waals surface area contributed by atoms with Gasteiger partial charge in [0.25, 0.3) is 0 Å². The molecule has 1 aliphatic rings. The van der Waals surface area contributed by atoms with Crippen LogP contribution in [0.1, 0.15) is 12.0 Å². The average molecular weight is 238 g/mol. The summed E-state index contributed by atoms with van der Waals surface area (Å²) >= 11 is 0. The fourth-order valence-corrected chi connectivity index (χ4v) is 2.11. The highest BCUT2D eigenvalue weighted by Crippen LogP contribution is 2.24. The lowest BCUT2D eigenvalue weighted by Gasteiger charge is -2.02. The number of ether oxygens (including phenoxy) is 1. The number of rotatable bonds is 1. The van der Waals surface area contributed by atoms with Gasteiger partial charge in [-0.05, 0) is 22.4 Å². The van der Waals surface area contributed by atoms with Crippen molar-refractivity contribution in [3.63, 3.8) is 0 Å². The SMILES string of the molecule is O=C1C/C(=C\c2cccc3ccccc23)C(=O)O1. The molecule has 0 amide bonds. The Balaban J connectivity index is 2.13. The lowest BCUT2D eigenvalue weighted by Crippen LogP contribution is -1.96. The van der Waals surface area contributed by atoms with Gasteiger partial charge >= 0.3 is 11.9 Å². The predicted molar refractivity (Wildman–Crippen MR) is 67.6 cm³/mol. The van der Waals surface area contributed by atoms with Crippen molar-refractivity contribution < 1.29 is 14.3 Å². The molecule has 0 aliphatic carbocycles. The van der Waals surface area contributed by atoms with E-state index >= 15 is 0 Å². The number of carbonyl (C=O) groups excluding carboxylic acids is 2. The average Bonchev–Trinajstić information content (AvgIpc) is 2.68. The molecule has 3 rings (SSSR count). The molecule has 0 unspecified atom stereocenters. The summed E-state index contributed by atoms with van der Waals surface area (Å²) in [6.07, 6.45) is 1.79. The Labute approximate surface area is 104 Å². The van der Waals surface area contributed by atoms with Gasteiger partial charge < -0.3 is 4.74 Å². The predicted octanol–water partition coefficient (Wildman–Crippen LogP) is 2.70. The van der Waals surface area contributed by atoms with Crippen molar-refractivity contribution >= 4 is 28.8 Å². The van der Waals surface area contributed by atoms with E-state index in [2.05, 4.69) is 4.74 Å². The monoisotopic (exact) mass is 238 g/mol. The molecule has 0 N–H and O–H groups in total. The highest BCUT2D eigenvalue weighted by molar-refractivity contribution is 6.09. The van der Waals surface area contributed by atoms with Gasteiger partial charge in [0.1, 0.15) is 0 Å². The van der Waals surface area contributed by atoms with Crippen LogP contribution in [0.25, 0.3) is 16.8 Å². The zero-order chi connectivity index (χ0) is 12.5. The van der Waals surface area contributed by atoms with E-state index in [1.807, 2.05) is 42.5 Å². The molecule has 2 aromatic carbocycles. The second kappa shape index (κ2) is 4.11. The third-order valence-electron chi connectivity index (χ3n) is 2.96. The Morgan fingerprint density at radius 3 is 2.56 bits per heavy atom. The highest BCUT2D eigenvalue weighted by Gasteiger charge is 2.26. The summed E-state index contributed by atoms with van der Waals surface area (Å²) in [5.74, 6) is -1.01. The molecule has 0 aromatic heterocycles. The molecule has 88 valence electrons. The molecule has 2 aromatic rings. The van der Waals surface area contributed by atoms with Crippen LogP contribution in [0.4, 0.5) is 0 Å². The standard InChI is InChI=1S/C15H10O3/c16-14-9-12(15(17)18-14)8-11-6-3-5-10-4-1-2-7-13(10)11/h1-8H,9H2/b12-8+. The quantitative estimate of drug-likeness (QED) is 0.436. The Bertz CT molecular complexity index is 678. The smallest absolute Gasteiger partial charge is 0.342 e. The van der Waals surface area contributed by atoms with Gasteiger partial charge in [0.15, 0.2) is 0 Å². The van der Waals surface area contributed by atoms with Crippen molar-refractivity contribution in [2.75, 3.05) is 0 Å². The van der Waals surface area contributed by atoms with E-state index in [0.29, 0.717) is 5.57 Å². The summed E-state index contributed by atoms with van der Waals surface area (Å²) in [5, 5.41) is 2.16. The number of hydrogen-bond donors (Lipinski definition) is 0. The molecule has 0 saturated carbocycles. The molecule has 1 saturated heterocycles. The van der Waals surface area contributed by atoms with Crippen LogP contribution in [0.15, 0.2) is 48.0 Å². The molecular weight excluding hydrogens is 228 g/mol. The van der Waals surface area contributed by atoms with Crippen molar-refractivity contribution in [2.45, 2.75) is 6.42 Å². The number of cyclic esters (lactones) is 2. The molecule has 1 aliphatic heterocycles. The zero-order valence-electron chi connectivity index (χ0n) is 9.55. The number of hydrogen-bond acceptors (Lipinski definition) is 3. The Morgan fingerprint density at radius 2 is 1.78 bits per heavy atom. The molecular formula is C15H10O3. The molecule has 18 heavy (non-hydrogen) atoms. The summed E-state index contributed by atoms with van der Waals surface area (Å²) in [4.78, 5) is 22.4. The molecule has 1 fully saturated rings. The highest BCUT2D eigenvalue weighted by atomic mass is 16.6. The second-order valence-corrected chi connectivity index (χ2v) is 4.18. The molecule has 0 radical (unpaired) electrons. The van der Waals surface area contributed by atoms with Gasteiger partial charge in [-0.15, -0.1) is 0 Å². The fourth-order valence-electron chi connectivity index (χ4n) is 2.11. The van der Waals surface area contributed by atoms with Gasteiger partial charge in [-0.25, -0.2) is 4.79 Å². The van der Waals surface area contributed by atoms with E-state index < -0.39 is 11.9 Å². The van der Waals surface area contributed by atoms with Gasteiger partial charge in [-0.2, -0.15) is 0 Å². The minimum absolute atomic E-state index is 0.0576. The first kappa shape index (κ1) is 10.7. The molecule has 3 heteroatoms. The van der Waals surface area contributed by atoms with E-state index in [9.17, 15) is 9.59 Å². The van der Waals surface area contributed by atoms with Crippen LogP contribution >= 0.6 is 0 Å². The normalized spacial score (nSPS) is 17.4. The van der Waals surface area contributed by atoms with Crippen molar-refractivity contribution in [1.82, 2.24) is 0 Å². The molecule has 3 nitrogen and oxygen atoms in total. The minimum atomic E-state index is -0.534. The van der Waals surface area contributed by atoms with Crippen molar-refractivity contribution in [1.29, 1.82) is 0 Å². The zero-order valence-corrected chi connectivity index (χ0v) is 9.55. The van der Waals surface area contributed by atoms with E-state index in [1.165, 1.54) is 0 Å². The van der Waals surface area contributed by atoms with E-state index in [-0.39, 0.29) is 6.42 Å². The van der Waals surface area contributed by atoms with Gasteiger partial charge in [0, 0.05) is 5.57 Å². The number of fused-ring (bicyclic) bond motifs is 1. The lowest BCUT2D eigenvalue weighted by molar-refractivity contribution is -0.151. The maximum absolute atomic E-state index is 11.4. The van der Waals surface area contributed by atoms with Crippen LogP contribution < -0.4 is 0 Å².